The van der Waals surface area contributed by atoms with Gasteiger partial charge in [0.2, 0.25) is 0 Å². The van der Waals surface area contributed by atoms with Crippen molar-refractivity contribution in [1.29, 1.82) is 0 Å². The Morgan fingerprint density at radius 2 is 1.71 bits per heavy atom. The molecule has 1 fully saturated rings. The van der Waals surface area contributed by atoms with Crippen molar-refractivity contribution in [3.8, 4) is 0 Å². The number of likely N-dealkylation sites (tertiary alicyclic amines) is 1. The molecule has 2 rings (SSSR count). The van der Waals surface area contributed by atoms with Crippen molar-refractivity contribution in [2.75, 3.05) is 13.1 Å². The van der Waals surface area contributed by atoms with Crippen molar-refractivity contribution in [1.82, 2.24) is 4.90 Å². The van der Waals surface area contributed by atoms with E-state index in [0.717, 1.165) is 19.5 Å². The van der Waals surface area contributed by atoms with E-state index in [1.165, 1.54) is 35.2 Å². The SMILES string of the molecule is C=C(C(C)=C(C)C)N1CCC(Cc2ccc(F)cc2)CC1. The topological polar surface area (TPSA) is 3.24 Å². The largest absolute Gasteiger partial charge is 0.372 e. The molecule has 0 saturated carbocycles. The first-order valence-corrected chi connectivity index (χ1v) is 7.80. The van der Waals surface area contributed by atoms with Gasteiger partial charge in [-0.3, -0.25) is 0 Å². The van der Waals surface area contributed by atoms with E-state index < -0.39 is 0 Å². The highest BCUT2D eigenvalue weighted by Crippen LogP contribution is 2.26. The third-order valence-electron chi connectivity index (χ3n) is 4.62. The molecular weight excluding hydrogens is 261 g/mol. The van der Waals surface area contributed by atoms with Crippen molar-refractivity contribution in [3.63, 3.8) is 0 Å². The second-order valence-corrected chi connectivity index (χ2v) is 6.33. The van der Waals surface area contributed by atoms with E-state index in [0.29, 0.717) is 5.92 Å². The number of hydrogen-bond donors (Lipinski definition) is 0. The van der Waals surface area contributed by atoms with Gasteiger partial charge < -0.3 is 4.90 Å². The zero-order valence-corrected chi connectivity index (χ0v) is 13.5. The monoisotopic (exact) mass is 287 g/mol. The fraction of sp³-hybridized carbons (Fsp3) is 0.474. The fourth-order valence-electron chi connectivity index (χ4n) is 2.89. The summed E-state index contributed by atoms with van der Waals surface area (Å²) in [4.78, 5) is 2.41. The Morgan fingerprint density at radius 1 is 1.14 bits per heavy atom. The quantitative estimate of drug-likeness (QED) is 0.708. The molecule has 0 N–H and O–H groups in total. The normalized spacial score (nSPS) is 15.9. The van der Waals surface area contributed by atoms with Gasteiger partial charge in [-0.2, -0.15) is 0 Å². The Kier molecular flexibility index (Phi) is 5.22. The maximum Gasteiger partial charge on any atom is 0.123 e. The average molecular weight is 287 g/mol. The van der Waals surface area contributed by atoms with Gasteiger partial charge in [0.05, 0.1) is 0 Å². The van der Waals surface area contributed by atoms with Gasteiger partial charge in [0.25, 0.3) is 0 Å². The Bertz CT molecular complexity index is 515. The number of benzene rings is 1. The van der Waals surface area contributed by atoms with Gasteiger partial charge in [-0.15, -0.1) is 0 Å². The second-order valence-electron chi connectivity index (χ2n) is 6.33. The highest BCUT2D eigenvalue weighted by atomic mass is 19.1. The number of allylic oxidation sites excluding steroid dienone is 2. The van der Waals surface area contributed by atoms with Crippen molar-refractivity contribution in [2.45, 2.75) is 40.0 Å². The highest BCUT2D eigenvalue weighted by molar-refractivity contribution is 5.29. The van der Waals surface area contributed by atoms with E-state index in [1.807, 2.05) is 12.1 Å². The molecular formula is C19H26FN. The lowest BCUT2D eigenvalue weighted by Crippen LogP contribution is -2.33. The predicted molar refractivity (Wildman–Crippen MR) is 87.6 cm³/mol. The van der Waals surface area contributed by atoms with Crippen LogP contribution in [0.25, 0.3) is 0 Å². The average Bonchev–Trinajstić information content (AvgIpc) is 2.49. The first kappa shape index (κ1) is 15.8. The van der Waals surface area contributed by atoms with Crippen LogP contribution in [0.2, 0.25) is 0 Å². The van der Waals surface area contributed by atoms with Crippen LogP contribution in [-0.4, -0.2) is 18.0 Å². The van der Waals surface area contributed by atoms with E-state index in [4.69, 9.17) is 0 Å². The number of nitrogens with zero attached hydrogens (tertiary/aromatic N) is 1. The Hall–Kier alpha value is -1.57. The van der Waals surface area contributed by atoms with Gasteiger partial charge >= 0.3 is 0 Å². The molecule has 1 aliphatic rings. The number of rotatable bonds is 4. The lowest BCUT2D eigenvalue weighted by Gasteiger charge is -2.35. The Labute approximate surface area is 128 Å². The van der Waals surface area contributed by atoms with Gasteiger partial charge in [0, 0.05) is 18.8 Å². The molecule has 0 amide bonds. The van der Waals surface area contributed by atoms with Crippen molar-refractivity contribution in [3.05, 3.63) is 59.1 Å². The number of halogens is 1. The summed E-state index contributed by atoms with van der Waals surface area (Å²) < 4.78 is 12.9. The molecule has 114 valence electrons. The molecule has 0 unspecified atom stereocenters. The van der Waals surface area contributed by atoms with Crippen molar-refractivity contribution < 1.29 is 4.39 Å². The minimum absolute atomic E-state index is 0.151. The second kappa shape index (κ2) is 6.93. The summed E-state index contributed by atoms with van der Waals surface area (Å²) in [6.45, 7) is 12.8. The first-order valence-electron chi connectivity index (χ1n) is 7.80. The zero-order chi connectivity index (χ0) is 15.4. The van der Waals surface area contributed by atoms with Gasteiger partial charge in [-0.05, 0) is 69.2 Å². The Balaban J connectivity index is 1.87. The summed E-state index contributed by atoms with van der Waals surface area (Å²) in [6.07, 6.45) is 3.43. The van der Waals surface area contributed by atoms with Crippen LogP contribution in [0.15, 0.2) is 47.7 Å². The van der Waals surface area contributed by atoms with E-state index in [-0.39, 0.29) is 5.82 Å². The van der Waals surface area contributed by atoms with Crippen LogP contribution in [0, 0.1) is 11.7 Å². The van der Waals surface area contributed by atoms with Crippen LogP contribution in [-0.2, 0) is 6.42 Å². The lowest BCUT2D eigenvalue weighted by atomic mass is 9.89. The Morgan fingerprint density at radius 3 is 2.24 bits per heavy atom. The van der Waals surface area contributed by atoms with Crippen LogP contribution < -0.4 is 0 Å². The van der Waals surface area contributed by atoms with Gasteiger partial charge in [-0.1, -0.05) is 24.3 Å². The maximum absolute atomic E-state index is 12.9. The van der Waals surface area contributed by atoms with Crippen LogP contribution in [0.5, 0.6) is 0 Å². The molecule has 0 aromatic heterocycles. The molecule has 0 radical (unpaired) electrons. The molecule has 1 nitrogen and oxygen atoms in total. The van der Waals surface area contributed by atoms with Crippen LogP contribution >= 0.6 is 0 Å². The maximum atomic E-state index is 12.9. The van der Waals surface area contributed by atoms with Gasteiger partial charge in [-0.25, -0.2) is 4.39 Å². The molecule has 21 heavy (non-hydrogen) atoms. The van der Waals surface area contributed by atoms with Crippen LogP contribution in [0.3, 0.4) is 0 Å². The van der Waals surface area contributed by atoms with E-state index in [9.17, 15) is 4.39 Å². The number of hydrogen-bond acceptors (Lipinski definition) is 1. The summed E-state index contributed by atoms with van der Waals surface area (Å²) in [5.74, 6) is 0.550. The smallest absolute Gasteiger partial charge is 0.123 e. The first-order chi connectivity index (χ1) is 9.97. The molecule has 1 aliphatic heterocycles. The van der Waals surface area contributed by atoms with E-state index in [2.05, 4.69) is 32.3 Å². The van der Waals surface area contributed by atoms with Gasteiger partial charge in [0.1, 0.15) is 5.82 Å². The van der Waals surface area contributed by atoms with Crippen molar-refractivity contribution in [2.24, 2.45) is 5.92 Å². The zero-order valence-electron chi connectivity index (χ0n) is 13.5. The van der Waals surface area contributed by atoms with Crippen LogP contribution in [0.1, 0.15) is 39.2 Å². The molecule has 0 atom stereocenters. The minimum Gasteiger partial charge on any atom is -0.372 e. The molecule has 1 saturated heterocycles. The van der Waals surface area contributed by atoms with Crippen molar-refractivity contribution >= 4 is 0 Å². The summed E-state index contributed by atoms with van der Waals surface area (Å²) in [6, 6.07) is 6.94. The lowest BCUT2D eigenvalue weighted by molar-refractivity contribution is 0.229. The third kappa shape index (κ3) is 4.20. The standard InChI is InChI=1S/C19H26FN/c1-14(2)15(3)16(4)21-11-9-18(10-12-21)13-17-5-7-19(20)8-6-17/h5-8,18H,4,9-13H2,1-3H3. The summed E-state index contributed by atoms with van der Waals surface area (Å²) >= 11 is 0. The molecule has 1 heterocycles. The fourth-order valence-corrected chi connectivity index (χ4v) is 2.89. The molecule has 0 aliphatic carbocycles. The van der Waals surface area contributed by atoms with Crippen LogP contribution in [0.4, 0.5) is 4.39 Å². The third-order valence-corrected chi connectivity index (χ3v) is 4.62. The predicted octanol–water partition coefficient (Wildman–Crippen LogP) is 4.95. The van der Waals surface area contributed by atoms with E-state index >= 15 is 0 Å². The molecule has 1 aromatic carbocycles. The molecule has 2 heteroatoms. The summed E-state index contributed by atoms with van der Waals surface area (Å²) in [5.41, 5.74) is 5.07. The van der Waals surface area contributed by atoms with E-state index in [1.54, 1.807) is 12.1 Å². The minimum atomic E-state index is -0.151. The molecule has 0 spiro atoms. The molecule has 0 bridgehead atoms. The molecule has 1 aromatic rings. The highest BCUT2D eigenvalue weighted by Gasteiger charge is 2.21. The number of piperidine rings is 1. The summed E-state index contributed by atoms with van der Waals surface area (Å²) in [5, 5.41) is 0. The summed E-state index contributed by atoms with van der Waals surface area (Å²) in [7, 11) is 0. The van der Waals surface area contributed by atoms with Gasteiger partial charge in [0.15, 0.2) is 0 Å².